The van der Waals surface area contributed by atoms with Crippen molar-refractivity contribution in [2.75, 3.05) is 6.54 Å². The first kappa shape index (κ1) is 15.3. The highest BCUT2D eigenvalue weighted by Gasteiger charge is 2.24. The van der Waals surface area contributed by atoms with E-state index < -0.39 is 11.5 Å². The van der Waals surface area contributed by atoms with Crippen LogP contribution in [0.4, 0.5) is 0 Å². The first-order valence-corrected chi connectivity index (χ1v) is 6.24. The van der Waals surface area contributed by atoms with Crippen molar-refractivity contribution >= 4 is 5.91 Å². The van der Waals surface area contributed by atoms with Crippen molar-refractivity contribution in [3.05, 3.63) is 23.8 Å². The Labute approximate surface area is 112 Å². The van der Waals surface area contributed by atoms with E-state index in [2.05, 4.69) is 5.32 Å². The molecule has 1 atom stereocenters. The summed E-state index contributed by atoms with van der Waals surface area (Å²) in [6.45, 7) is 5.64. The summed E-state index contributed by atoms with van der Waals surface area (Å²) in [4.78, 5) is 11.9. The third-order valence-electron chi connectivity index (χ3n) is 2.73. The van der Waals surface area contributed by atoms with Gasteiger partial charge >= 0.3 is 0 Å². The van der Waals surface area contributed by atoms with Gasteiger partial charge in [-0.05, 0) is 31.4 Å². The lowest BCUT2D eigenvalue weighted by Crippen LogP contribution is -2.41. The summed E-state index contributed by atoms with van der Waals surface area (Å²) in [6.07, 6.45) is 0.542. The summed E-state index contributed by atoms with van der Waals surface area (Å²) in [5.74, 6) is -0.896. The second-order valence-electron chi connectivity index (χ2n) is 5.45. The maximum absolute atomic E-state index is 11.9. The number of carbonyl (C=O) groups excluding carboxylic acids is 1. The fraction of sp³-hybridized carbons (Fsp3) is 0.500. The predicted octanol–water partition coefficient (Wildman–Crippen LogP) is 1.62. The number of phenolic OH excluding ortho intramolecular Hbond substituents is 2. The summed E-state index contributed by atoms with van der Waals surface area (Å²) < 4.78 is 0. The molecule has 0 aliphatic rings. The van der Waals surface area contributed by atoms with Gasteiger partial charge < -0.3 is 20.6 Å². The molecule has 0 spiro atoms. The average molecular weight is 267 g/mol. The van der Waals surface area contributed by atoms with Gasteiger partial charge in [-0.2, -0.15) is 0 Å². The summed E-state index contributed by atoms with van der Waals surface area (Å²) in [5.41, 5.74) is -1.20. The van der Waals surface area contributed by atoms with Crippen LogP contribution in [-0.4, -0.2) is 33.4 Å². The number of phenols is 2. The zero-order chi connectivity index (χ0) is 14.6. The number of aliphatic hydroxyl groups is 1. The van der Waals surface area contributed by atoms with Crippen molar-refractivity contribution in [1.82, 2.24) is 5.32 Å². The van der Waals surface area contributed by atoms with Crippen LogP contribution in [0, 0.1) is 5.92 Å². The van der Waals surface area contributed by atoms with Crippen LogP contribution in [-0.2, 0) is 0 Å². The molecule has 19 heavy (non-hydrogen) atoms. The molecule has 0 heterocycles. The van der Waals surface area contributed by atoms with Crippen molar-refractivity contribution in [2.24, 2.45) is 5.92 Å². The van der Waals surface area contributed by atoms with Crippen molar-refractivity contribution in [3.63, 3.8) is 0 Å². The number of nitrogens with one attached hydrogen (secondary N) is 1. The van der Waals surface area contributed by atoms with E-state index in [1.807, 2.05) is 13.8 Å². The molecule has 0 aromatic heterocycles. The van der Waals surface area contributed by atoms with Crippen LogP contribution >= 0.6 is 0 Å². The first-order chi connectivity index (χ1) is 8.73. The fourth-order valence-corrected chi connectivity index (χ4v) is 2.07. The molecule has 1 rings (SSSR count). The van der Waals surface area contributed by atoms with Crippen molar-refractivity contribution in [1.29, 1.82) is 0 Å². The van der Waals surface area contributed by atoms with Crippen LogP contribution in [0.3, 0.4) is 0 Å². The maximum Gasteiger partial charge on any atom is 0.258 e. The SMILES string of the molecule is CC(C)CC(C)(O)CNC(=O)c1c(O)cccc1O. The lowest BCUT2D eigenvalue weighted by molar-refractivity contribution is 0.0367. The van der Waals surface area contributed by atoms with E-state index in [-0.39, 0.29) is 23.6 Å². The first-order valence-electron chi connectivity index (χ1n) is 6.24. The standard InChI is InChI=1S/C14H21NO4/c1-9(2)7-14(3,19)8-15-13(18)12-10(16)5-4-6-11(12)17/h4-6,9,16-17,19H,7-8H2,1-3H3,(H,15,18). The molecule has 0 aliphatic carbocycles. The normalized spacial score (nSPS) is 14.2. The number of rotatable bonds is 5. The minimum absolute atomic E-state index is 0.0534. The highest BCUT2D eigenvalue weighted by molar-refractivity contribution is 5.99. The van der Waals surface area contributed by atoms with Gasteiger partial charge in [0.25, 0.3) is 5.91 Å². The van der Waals surface area contributed by atoms with E-state index in [0.717, 1.165) is 0 Å². The van der Waals surface area contributed by atoms with Crippen LogP contribution in [0.25, 0.3) is 0 Å². The van der Waals surface area contributed by atoms with Gasteiger partial charge in [0.15, 0.2) is 0 Å². The van der Waals surface area contributed by atoms with E-state index in [9.17, 15) is 20.1 Å². The zero-order valence-electron chi connectivity index (χ0n) is 11.5. The van der Waals surface area contributed by atoms with E-state index >= 15 is 0 Å². The molecule has 0 bridgehead atoms. The van der Waals surface area contributed by atoms with Crippen LogP contribution in [0.5, 0.6) is 11.5 Å². The highest BCUT2D eigenvalue weighted by Crippen LogP contribution is 2.26. The molecule has 0 saturated heterocycles. The van der Waals surface area contributed by atoms with Gasteiger partial charge in [-0.3, -0.25) is 4.79 Å². The highest BCUT2D eigenvalue weighted by atomic mass is 16.3. The van der Waals surface area contributed by atoms with Gasteiger partial charge in [-0.1, -0.05) is 19.9 Å². The largest absolute Gasteiger partial charge is 0.507 e. The third-order valence-corrected chi connectivity index (χ3v) is 2.73. The third kappa shape index (κ3) is 4.44. The molecule has 5 heteroatoms. The molecule has 1 aromatic carbocycles. The fourth-order valence-electron chi connectivity index (χ4n) is 2.07. The van der Waals surface area contributed by atoms with Gasteiger partial charge in [-0.15, -0.1) is 0 Å². The zero-order valence-corrected chi connectivity index (χ0v) is 11.5. The van der Waals surface area contributed by atoms with Crippen molar-refractivity contribution in [2.45, 2.75) is 32.8 Å². The summed E-state index contributed by atoms with van der Waals surface area (Å²) >= 11 is 0. The second-order valence-corrected chi connectivity index (χ2v) is 5.45. The molecule has 106 valence electrons. The van der Waals surface area contributed by atoms with Crippen LogP contribution in [0.2, 0.25) is 0 Å². The average Bonchev–Trinajstić information content (AvgIpc) is 2.24. The molecule has 1 unspecified atom stereocenters. The lowest BCUT2D eigenvalue weighted by Gasteiger charge is -2.25. The summed E-state index contributed by atoms with van der Waals surface area (Å²) in [6, 6.07) is 4.08. The second kappa shape index (κ2) is 5.93. The molecule has 1 aromatic rings. The molecule has 0 fully saturated rings. The number of benzene rings is 1. The van der Waals surface area contributed by atoms with E-state index in [4.69, 9.17) is 0 Å². The molecule has 0 saturated carbocycles. The molecule has 0 aliphatic heterocycles. The monoisotopic (exact) mass is 267 g/mol. The maximum atomic E-state index is 11.9. The quantitative estimate of drug-likeness (QED) is 0.652. The smallest absolute Gasteiger partial charge is 0.258 e. The molecule has 4 N–H and O–H groups in total. The Kier molecular flexibility index (Phi) is 4.78. The topological polar surface area (TPSA) is 89.8 Å². The van der Waals surface area contributed by atoms with Gasteiger partial charge in [0.2, 0.25) is 0 Å². The Bertz CT molecular complexity index is 435. The van der Waals surface area contributed by atoms with Crippen molar-refractivity contribution < 1.29 is 20.1 Å². The Hall–Kier alpha value is -1.75. The Morgan fingerprint density at radius 2 is 1.84 bits per heavy atom. The molecule has 5 nitrogen and oxygen atoms in total. The Morgan fingerprint density at radius 1 is 1.32 bits per heavy atom. The van der Waals surface area contributed by atoms with E-state index in [1.165, 1.54) is 18.2 Å². The molecule has 1 amide bonds. The van der Waals surface area contributed by atoms with Gasteiger partial charge in [0.05, 0.1) is 5.60 Å². The van der Waals surface area contributed by atoms with E-state index in [1.54, 1.807) is 6.92 Å². The number of hydrogen-bond acceptors (Lipinski definition) is 4. The number of amides is 1. The van der Waals surface area contributed by atoms with Gasteiger partial charge in [0, 0.05) is 6.54 Å². The summed E-state index contributed by atoms with van der Waals surface area (Å²) in [7, 11) is 0. The van der Waals surface area contributed by atoms with Crippen LogP contribution in [0.1, 0.15) is 37.6 Å². The Balaban J connectivity index is 2.71. The predicted molar refractivity (Wildman–Crippen MR) is 72.2 cm³/mol. The van der Waals surface area contributed by atoms with Crippen LogP contribution in [0.15, 0.2) is 18.2 Å². The van der Waals surface area contributed by atoms with E-state index in [0.29, 0.717) is 12.3 Å². The molecular formula is C14H21NO4. The minimum atomic E-state index is -1.02. The van der Waals surface area contributed by atoms with Crippen molar-refractivity contribution in [3.8, 4) is 11.5 Å². The van der Waals surface area contributed by atoms with Crippen LogP contribution < -0.4 is 5.32 Å². The number of hydrogen-bond donors (Lipinski definition) is 4. The van der Waals surface area contributed by atoms with Gasteiger partial charge in [0.1, 0.15) is 17.1 Å². The number of aromatic hydroxyl groups is 2. The lowest BCUT2D eigenvalue weighted by atomic mass is 9.94. The Morgan fingerprint density at radius 3 is 2.32 bits per heavy atom. The van der Waals surface area contributed by atoms with Gasteiger partial charge in [-0.25, -0.2) is 0 Å². The summed E-state index contributed by atoms with van der Waals surface area (Å²) in [5, 5.41) is 31.7. The molecule has 0 radical (unpaired) electrons. The minimum Gasteiger partial charge on any atom is -0.507 e. The molecular weight excluding hydrogens is 246 g/mol. The number of carbonyl (C=O) groups is 1.